The lowest BCUT2D eigenvalue weighted by Crippen LogP contribution is -2.33. The van der Waals surface area contributed by atoms with Gasteiger partial charge in [0.15, 0.2) is 0 Å². The van der Waals surface area contributed by atoms with E-state index in [2.05, 4.69) is 23.3 Å². The van der Waals surface area contributed by atoms with E-state index in [-0.39, 0.29) is 6.17 Å². The average Bonchev–Trinajstić information content (AvgIpc) is 2.74. The third-order valence-electron chi connectivity index (χ3n) is 5.09. The number of benzene rings is 3. The molecular weight excluding hydrogens is 380 g/mol. The third kappa shape index (κ3) is 4.73. The average molecular weight is 403 g/mol. The number of halogens is 2. The van der Waals surface area contributed by atoms with E-state index in [0.717, 1.165) is 22.8 Å². The molecule has 152 valence electrons. The zero-order valence-corrected chi connectivity index (χ0v) is 17.0. The van der Waals surface area contributed by atoms with Crippen molar-refractivity contribution in [2.75, 3.05) is 0 Å². The number of nitrogens with zero attached hydrogens (tertiary/aromatic N) is 1. The molecule has 0 saturated carbocycles. The summed E-state index contributed by atoms with van der Waals surface area (Å²) < 4.78 is 27.8. The van der Waals surface area contributed by atoms with Crippen LogP contribution in [0.1, 0.15) is 39.5 Å². The molecule has 0 spiro atoms. The summed E-state index contributed by atoms with van der Waals surface area (Å²) in [4.78, 5) is 0. The highest BCUT2D eigenvalue weighted by Crippen LogP contribution is 2.24. The van der Waals surface area contributed by atoms with Crippen LogP contribution in [0.3, 0.4) is 0 Å². The van der Waals surface area contributed by atoms with Crippen molar-refractivity contribution < 1.29 is 8.78 Å². The van der Waals surface area contributed by atoms with Crippen LogP contribution in [0.2, 0.25) is 0 Å². The summed E-state index contributed by atoms with van der Waals surface area (Å²) in [6.45, 7) is 8.03. The van der Waals surface area contributed by atoms with Crippen molar-refractivity contribution in [3.8, 4) is 6.07 Å². The SMILES string of the molecule is C=C(NC(NCc1ccccc1C#N)c1ccccc1C)c1cc(F)cc(F)c1C. The number of hydrogen-bond donors (Lipinski definition) is 2. The van der Waals surface area contributed by atoms with Gasteiger partial charge in [0.05, 0.1) is 11.6 Å². The Hall–Kier alpha value is -3.49. The van der Waals surface area contributed by atoms with Crippen LogP contribution in [0.25, 0.3) is 5.70 Å². The van der Waals surface area contributed by atoms with Gasteiger partial charge in [-0.05, 0) is 48.2 Å². The Labute approximate surface area is 175 Å². The maximum atomic E-state index is 14.0. The summed E-state index contributed by atoms with van der Waals surface area (Å²) in [5, 5.41) is 16.0. The lowest BCUT2D eigenvalue weighted by molar-refractivity contribution is 0.494. The molecule has 0 aliphatic heterocycles. The van der Waals surface area contributed by atoms with E-state index >= 15 is 0 Å². The first-order valence-electron chi connectivity index (χ1n) is 9.59. The molecule has 0 bridgehead atoms. The van der Waals surface area contributed by atoms with Gasteiger partial charge in [0.2, 0.25) is 0 Å². The van der Waals surface area contributed by atoms with Crippen molar-refractivity contribution >= 4 is 5.70 Å². The molecule has 2 N–H and O–H groups in total. The van der Waals surface area contributed by atoms with Crippen LogP contribution < -0.4 is 10.6 Å². The standard InChI is InChI=1S/C25H23F2N3/c1-16-8-4-7-11-22(16)25(29-15-20-10-6-5-9-19(20)14-28)30-18(3)23-12-21(26)13-24(27)17(23)2/h4-13,25,29-30H,3,15H2,1-2H3. The molecule has 3 rings (SSSR count). The smallest absolute Gasteiger partial charge is 0.129 e. The second-order valence-electron chi connectivity index (χ2n) is 7.12. The van der Waals surface area contributed by atoms with Crippen molar-refractivity contribution in [3.63, 3.8) is 0 Å². The maximum Gasteiger partial charge on any atom is 0.129 e. The van der Waals surface area contributed by atoms with Gasteiger partial charge < -0.3 is 5.32 Å². The van der Waals surface area contributed by atoms with Crippen LogP contribution in [-0.4, -0.2) is 0 Å². The lowest BCUT2D eigenvalue weighted by atomic mass is 10.0. The van der Waals surface area contributed by atoms with Crippen molar-refractivity contribution in [3.05, 3.63) is 112 Å². The summed E-state index contributed by atoms with van der Waals surface area (Å²) in [7, 11) is 0. The normalized spacial score (nSPS) is 11.6. The Balaban J connectivity index is 1.90. The van der Waals surface area contributed by atoms with E-state index in [4.69, 9.17) is 0 Å². The van der Waals surface area contributed by atoms with Gasteiger partial charge in [0, 0.05) is 23.9 Å². The Morgan fingerprint density at radius 3 is 2.50 bits per heavy atom. The van der Waals surface area contributed by atoms with Crippen molar-refractivity contribution in [1.29, 1.82) is 5.26 Å². The zero-order valence-electron chi connectivity index (χ0n) is 17.0. The van der Waals surface area contributed by atoms with Crippen molar-refractivity contribution in [2.24, 2.45) is 0 Å². The second kappa shape index (κ2) is 9.34. The highest BCUT2D eigenvalue weighted by molar-refractivity contribution is 5.65. The predicted molar refractivity (Wildman–Crippen MR) is 115 cm³/mol. The first-order chi connectivity index (χ1) is 14.4. The van der Waals surface area contributed by atoms with Gasteiger partial charge in [-0.25, -0.2) is 8.78 Å². The van der Waals surface area contributed by atoms with E-state index in [1.807, 2.05) is 49.4 Å². The molecule has 30 heavy (non-hydrogen) atoms. The molecular formula is C25H23F2N3. The minimum atomic E-state index is -0.653. The highest BCUT2D eigenvalue weighted by atomic mass is 19.1. The lowest BCUT2D eigenvalue weighted by Gasteiger charge is -2.25. The van der Waals surface area contributed by atoms with Gasteiger partial charge in [-0.3, -0.25) is 5.32 Å². The van der Waals surface area contributed by atoms with Gasteiger partial charge in [-0.15, -0.1) is 0 Å². The minimum Gasteiger partial charge on any atom is -0.366 e. The zero-order chi connectivity index (χ0) is 21.7. The monoisotopic (exact) mass is 403 g/mol. The molecule has 0 amide bonds. The molecule has 3 aromatic rings. The number of aryl methyl sites for hydroxylation is 1. The molecule has 0 aliphatic rings. The van der Waals surface area contributed by atoms with E-state index < -0.39 is 11.6 Å². The van der Waals surface area contributed by atoms with Gasteiger partial charge in [0.25, 0.3) is 0 Å². The van der Waals surface area contributed by atoms with Crippen LogP contribution >= 0.6 is 0 Å². The van der Waals surface area contributed by atoms with E-state index in [1.54, 1.807) is 13.0 Å². The van der Waals surface area contributed by atoms with E-state index in [0.29, 0.717) is 28.9 Å². The Bertz CT molecular complexity index is 1120. The molecule has 0 aliphatic carbocycles. The summed E-state index contributed by atoms with van der Waals surface area (Å²) in [6.07, 6.45) is -0.379. The van der Waals surface area contributed by atoms with Gasteiger partial charge in [0.1, 0.15) is 17.8 Å². The second-order valence-corrected chi connectivity index (χ2v) is 7.12. The fourth-order valence-corrected chi connectivity index (χ4v) is 3.36. The van der Waals surface area contributed by atoms with Crippen molar-refractivity contribution in [1.82, 2.24) is 10.6 Å². The first kappa shape index (κ1) is 21.2. The molecule has 3 nitrogen and oxygen atoms in total. The quantitative estimate of drug-likeness (QED) is 0.512. The number of rotatable bonds is 7. The molecule has 0 radical (unpaired) electrons. The third-order valence-corrected chi connectivity index (χ3v) is 5.09. The molecule has 0 fully saturated rings. The molecule has 5 heteroatoms. The molecule has 0 saturated heterocycles. The van der Waals surface area contributed by atoms with Crippen LogP contribution in [0.4, 0.5) is 8.78 Å². The van der Waals surface area contributed by atoms with Gasteiger partial charge in [-0.1, -0.05) is 49.0 Å². The number of hydrogen-bond acceptors (Lipinski definition) is 3. The molecule has 0 aromatic heterocycles. The molecule has 1 atom stereocenters. The molecule has 3 aromatic carbocycles. The van der Waals surface area contributed by atoms with E-state index in [1.165, 1.54) is 6.07 Å². The van der Waals surface area contributed by atoms with Crippen LogP contribution in [0.15, 0.2) is 67.2 Å². The van der Waals surface area contributed by atoms with Crippen molar-refractivity contribution in [2.45, 2.75) is 26.6 Å². The van der Waals surface area contributed by atoms with Gasteiger partial charge in [-0.2, -0.15) is 5.26 Å². The predicted octanol–water partition coefficient (Wildman–Crippen LogP) is 5.50. The Morgan fingerprint density at radius 2 is 1.77 bits per heavy atom. The highest BCUT2D eigenvalue weighted by Gasteiger charge is 2.17. The van der Waals surface area contributed by atoms with Crippen LogP contribution in [0.5, 0.6) is 0 Å². The van der Waals surface area contributed by atoms with Crippen LogP contribution in [0, 0.1) is 36.8 Å². The summed E-state index contributed by atoms with van der Waals surface area (Å²) in [6, 6.07) is 19.5. The molecule has 0 heterocycles. The minimum absolute atomic E-state index is 0.326. The first-order valence-corrected chi connectivity index (χ1v) is 9.59. The summed E-state index contributed by atoms with van der Waals surface area (Å²) in [5.74, 6) is -1.27. The summed E-state index contributed by atoms with van der Waals surface area (Å²) in [5.41, 5.74) is 4.58. The Kier molecular flexibility index (Phi) is 6.61. The fraction of sp³-hybridized carbons (Fsp3) is 0.160. The molecule has 1 unspecified atom stereocenters. The topological polar surface area (TPSA) is 47.8 Å². The number of nitrogens with one attached hydrogen (secondary N) is 2. The van der Waals surface area contributed by atoms with Crippen LogP contribution in [-0.2, 0) is 6.54 Å². The van der Waals surface area contributed by atoms with E-state index in [9.17, 15) is 14.0 Å². The number of nitriles is 1. The van der Waals surface area contributed by atoms with Gasteiger partial charge >= 0.3 is 0 Å². The summed E-state index contributed by atoms with van der Waals surface area (Å²) >= 11 is 0. The maximum absolute atomic E-state index is 14.0. The fourth-order valence-electron chi connectivity index (χ4n) is 3.36. The Morgan fingerprint density at radius 1 is 1.07 bits per heavy atom. The largest absolute Gasteiger partial charge is 0.366 e.